The number of aliphatic hydroxyl groups excluding tert-OH is 1. The van der Waals surface area contributed by atoms with E-state index in [2.05, 4.69) is 19.1 Å². The van der Waals surface area contributed by atoms with Gasteiger partial charge in [-0.25, -0.2) is 0 Å². The van der Waals surface area contributed by atoms with E-state index >= 15 is 0 Å². The zero-order valence-corrected chi connectivity index (χ0v) is 9.45. The lowest BCUT2D eigenvalue weighted by Gasteiger charge is -2.27. The lowest BCUT2D eigenvalue weighted by Crippen LogP contribution is -2.16. The van der Waals surface area contributed by atoms with Gasteiger partial charge in [-0.3, -0.25) is 0 Å². The van der Waals surface area contributed by atoms with E-state index in [1.807, 2.05) is 12.1 Å². The highest BCUT2D eigenvalue weighted by Crippen LogP contribution is 2.35. The van der Waals surface area contributed by atoms with Crippen LogP contribution in [-0.4, -0.2) is 5.11 Å². The van der Waals surface area contributed by atoms with E-state index in [0.29, 0.717) is 5.92 Å². The Bertz CT molecular complexity index is 313. The summed E-state index contributed by atoms with van der Waals surface area (Å²) in [5.41, 5.74) is 2.35. The van der Waals surface area contributed by atoms with Crippen molar-refractivity contribution in [1.82, 2.24) is 0 Å². The molecule has 0 heterocycles. The summed E-state index contributed by atoms with van der Waals surface area (Å²) in [6, 6.07) is 8.21. The van der Waals surface area contributed by atoms with E-state index in [9.17, 15) is 5.11 Å². The van der Waals surface area contributed by atoms with Crippen LogP contribution in [0.2, 0.25) is 0 Å². The summed E-state index contributed by atoms with van der Waals surface area (Å²) in [7, 11) is 0. The molecule has 0 aromatic heterocycles. The van der Waals surface area contributed by atoms with Gasteiger partial charge in [0, 0.05) is 0 Å². The van der Waals surface area contributed by atoms with Crippen molar-refractivity contribution < 1.29 is 5.11 Å². The van der Waals surface area contributed by atoms with Crippen molar-refractivity contribution in [1.29, 1.82) is 0 Å². The first-order valence-electron chi connectivity index (χ1n) is 6.02. The van der Waals surface area contributed by atoms with Crippen LogP contribution < -0.4 is 0 Å². The highest BCUT2D eigenvalue weighted by molar-refractivity contribution is 5.28. The van der Waals surface area contributed by atoms with Crippen molar-refractivity contribution in [2.75, 3.05) is 0 Å². The Hall–Kier alpha value is -0.820. The number of rotatable bonds is 2. The molecule has 1 heteroatoms. The minimum Gasteiger partial charge on any atom is -0.388 e. The Balaban J connectivity index is 2.12. The Morgan fingerprint density at radius 1 is 1.13 bits per heavy atom. The fourth-order valence-electron chi connectivity index (χ4n) is 2.62. The molecule has 1 atom stereocenters. The van der Waals surface area contributed by atoms with Crippen molar-refractivity contribution >= 4 is 0 Å². The highest BCUT2D eigenvalue weighted by atomic mass is 16.3. The predicted octanol–water partition coefficient (Wildman–Crippen LogP) is 3.61. The first kappa shape index (κ1) is 10.7. The maximum atomic E-state index is 10.3. The van der Waals surface area contributed by atoms with Crippen molar-refractivity contribution in [3.8, 4) is 0 Å². The fourth-order valence-corrected chi connectivity index (χ4v) is 2.62. The summed E-state index contributed by atoms with van der Waals surface area (Å²) in [6.45, 7) is 2.08. The zero-order valence-electron chi connectivity index (χ0n) is 9.45. The van der Waals surface area contributed by atoms with Gasteiger partial charge in [-0.1, -0.05) is 43.5 Å². The van der Waals surface area contributed by atoms with E-state index in [-0.39, 0.29) is 6.10 Å². The number of hydrogen-bond donors (Lipinski definition) is 1. The second-order valence-corrected chi connectivity index (χ2v) is 4.70. The molecule has 1 nitrogen and oxygen atoms in total. The van der Waals surface area contributed by atoms with Crippen molar-refractivity contribution in [2.24, 2.45) is 5.92 Å². The average molecular weight is 204 g/mol. The molecule has 1 unspecified atom stereocenters. The van der Waals surface area contributed by atoms with Gasteiger partial charge in [0.05, 0.1) is 6.10 Å². The molecule has 0 bridgehead atoms. The summed E-state index contributed by atoms with van der Waals surface area (Å²) in [5.74, 6) is 0.486. The monoisotopic (exact) mass is 204 g/mol. The molecule has 15 heavy (non-hydrogen) atoms. The van der Waals surface area contributed by atoms with E-state index in [1.165, 1.54) is 37.7 Å². The Morgan fingerprint density at radius 3 is 2.47 bits per heavy atom. The second-order valence-electron chi connectivity index (χ2n) is 4.70. The third-order valence-corrected chi connectivity index (χ3v) is 3.60. The second kappa shape index (κ2) is 4.80. The van der Waals surface area contributed by atoms with Crippen LogP contribution in [0.3, 0.4) is 0 Å². The molecule has 0 radical (unpaired) electrons. The quantitative estimate of drug-likeness (QED) is 0.780. The van der Waals surface area contributed by atoms with Crippen molar-refractivity contribution in [2.45, 2.75) is 45.1 Å². The van der Waals surface area contributed by atoms with Gasteiger partial charge in [-0.2, -0.15) is 0 Å². The molecule has 1 aliphatic carbocycles. The molecule has 82 valence electrons. The Morgan fingerprint density at radius 2 is 1.80 bits per heavy atom. The zero-order chi connectivity index (χ0) is 10.7. The van der Waals surface area contributed by atoms with Crippen LogP contribution in [0.4, 0.5) is 0 Å². The minimum absolute atomic E-state index is 0.244. The Kier molecular flexibility index (Phi) is 3.42. The fraction of sp³-hybridized carbons (Fsp3) is 0.571. The number of benzene rings is 1. The molecule has 1 aromatic carbocycles. The van der Waals surface area contributed by atoms with Crippen LogP contribution in [0.15, 0.2) is 24.3 Å². The predicted molar refractivity (Wildman–Crippen MR) is 62.7 cm³/mol. The normalized spacial score (nSPS) is 20.1. The molecule has 1 aliphatic rings. The minimum atomic E-state index is -0.244. The molecule has 2 rings (SSSR count). The number of hydrogen-bond acceptors (Lipinski definition) is 1. The third-order valence-electron chi connectivity index (χ3n) is 3.60. The summed E-state index contributed by atoms with van der Waals surface area (Å²) < 4.78 is 0. The molecule has 0 amide bonds. The summed E-state index contributed by atoms with van der Waals surface area (Å²) >= 11 is 0. The van der Waals surface area contributed by atoms with E-state index in [1.54, 1.807) is 0 Å². The van der Waals surface area contributed by atoms with Crippen LogP contribution in [0.5, 0.6) is 0 Å². The van der Waals surface area contributed by atoms with Crippen molar-refractivity contribution in [3.05, 3.63) is 35.4 Å². The van der Waals surface area contributed by atoms with Crippen LogP contribution in [-0.2, 0) is 0 Å². The molecular weight excluding hydrogens is 184 g/mol. The van der Waals surface area contributed by atoms with Gasteiger partial charge in [0.15, 0.2) is 0 Å². The number of aryl methyl sites for hydroxylation is 1. The molecule has 0 saturated heterocycles. The largest absolute Gasteiger partial charge is 0.388 e. The summed E-state index contributed by atoms with van der Waals surface area (Å²) in [5, 5.41) is 10.3. The lowest BCUT2D eigenvalue weighted by molar-refractivity contribution is 0.0843. The van der Waals surface area contributed by atoms with Gasteiger partial charge in [0.2, 0.25) is 0 Å². The SMILES string of the molecule is Cc1ccccc1C(O)C1CCCCC1. The van der Waals surface area contributed by atoms with Gasteiger partial charge in [-0.05, 0) is 36.8 Å². The first-order chi connectivity index (χ1) is 7.29. The molecule has 1 fully saturated rings. The van der Waals surface area contributed by atoms with Gasteiger partial charge >= 0.3 is 0 Å². The molecular formula is C14H20O. The van der Waals surface area contributed by atoms with Crippen LogP contribution in [0, 0.1) is 12.8 Å². The summed E-state index contributed by atoms with van der Waals surface area (Å²) in [6.07, 6.45) is 6.05. The smallest absolute Gasteiger partial charge is 0.0820 e. The Labute approximate surface area is 92.1 Å². The van der Waals surface area contributed by atoms with Crippen molar-refractivity contribution in [3.63, 3.8) is 0 Å². The standard InChI is InChI=1S/C14H20O/c1-11-7-5-6-10-13(11)14(15)12-8-3-2-4-9-12/h5-7,10,12,14-15H,2-4,8-9H2,1H3. The third kappa shape index (κ3) is 2.40. The summed E-state index contributed by atoms with van der Waals surface area (Å²) in [4.78, 5) is 0. The van der Waals surface area contributed by atoms with E-state index in [4.69, 9.17) is 0 Å². The molecule has 1 N–H and O–H groups in total. The van der Waals surface area contributed by atoms with Gasteiger partial charge in [0.1, 0.15) is 0 Å². The van der Waals surface area contributed by atoms with Gasteiger partial charge < -0.3 is 5.11 Å². The van der Waals surface area contributed by atoms with Gasteiger partial charge in [0.25, 0.3) is 0 Å². The first-order valence-corrected chi connectivity index (χ1v) is 6.02. The van der Waals surface area contributed by atoms with E-state index < -0.39 is 0 Å². The molecule has 1 aromatic rings. The molecule has 0 spiro atoms. The molecule has 0 aliphatic heterocycles. The molecule has 1 saturated carbocycles. The highest BCUT2D eigenvalue weighted by Gasteiger charge is 2.23. The van der Waals surface area contributed by atoms with E-state index in [0.717, 1.165) is 5.56 Å². The van der Waals surface area contributed by atoms with Crippen LogP contribution in [0.1, 0.15) is 49.3 Å². The van der Waals surface area contributed by atoms with Crippen LogP contribution >= 0.6 is 0 Å². The maximum absolute atomic E-state index is 10.3. The maximum Gasteiger partial charge on any atom is 0.0820 e. The average Bonchev–Trinajstić information content (AvgIpc) is 2.30. The lowest BCUT2D eigenvalue weighted by atomic mass is 9.82. The van der Waals surface area contributed by atoms with Gasteiger partial charge in [-0.15, -0.1) is 0 Å². The van der Waals surface area contributed by atoms with Crippen LogP contribution in [0.25, 0.3) is 0 Å². The number of aliphatic hydroxyl groups is 1. The topological polar surface area (TPSA) is 20.2 Å².